The van der Waals surface area contributed by atoms with E-state index in [-0.39, 0.29) is 0 Å². The Hall–Kier alpha value is -0.730. The highest BCUT2D eigenvalue weighted by atomic mass is 32.1. The highest BCUT2D eigenvalue weighted by molar-refractivity contribution is 7.80. The van der Waals surface area contributed by atoms with Gasteiger partial charge in [-0.05, 0) is 24.2 Å². The monoisotopic (exact) mass is 290 g/mol. The average molecular weight is 290 g/mol. The molecule has 2 rings (SSSR count). The number of benzene rings is 1. The molecule has 110 valence electrons. The Morgan fingerprint density at radius 3 is 2.40 bits per heavy atom. The smallest absolute Gasteiger partial charge is 0.0650 e. The predicted octanol–water partition coefficient (Wildman–Crippen LogP) is 4.99. The molecule has 1 aliphatic carbocycles. The van der Waals surface area contributed by atoms with Gasteiger partial charge in [0.25, 0.3) is 0 Å². The molecule has 1 aliphatic rings. The normalized spacial score (nSPS) is 19.1. The lowest BCUT2D eigenvalue weighted by Gasteiger charge is -2.30. The molecular formula is C18H26OS. The Morgan fingerprint density at radius 2 is 1.75 bits per heavy atom. The maximum atomic E-state index is 5.91. The predicted molar refractivity (Wildman–Crippen MR) is 90.3 cm³/mol. The molecule has 0 unspecified atom stereocenters. The topological polar surface area (TPSA) is 9.23 Å². The SMILES string of the molecule is SCC1(COC/C=C/c2ccccc2)CCCCCC1. The number of rotatable bonds is 6. The van der Waals surface area contributed by atoms with Crippen molar-refractivity contribution in [2.75, 3.05) is 19.0 Å². The molecule has 0 N–H and O–H groups in total. The fourth-order valence-electron chi connectivity index (χ4n) is 2.92. The molecule has 0 atom stereocenters. The molecule has 0 spiro atoms. The minimum atomic E-state index is 0.320. The number of thiol groups is 1. The van der Waals surface area contributed by atoms with Gasteiger partial charge in [0, 0.05) is 5.41 Å². The van der Waals surface area contributed by atoms with Crippen LogP contribution in [0.4, 0.5) is 0 Å². The largest absolute Gasteiger partial charge is 0.377 e. The van der Waals surface area contributed by atoms with Crippen LogP contribution in [0.2, 0.25) is 0 Å². The highest BCUT2D eigenvalue weighted by Gasteiger charge is 2.29. The Labute approximate surface area is 128 Å². The van der Waals surface area contributed by atoms with Gasteiger partial charge in [-0.2, -0.15) is 12.6 Å². The molecule has 1 saturated carbocycles. The van der Waals surface area contributed by atoms with Crippen LogP contribution in [0.3, 0.4) is 0 Å². The zero-order valence-corrected chi connectivity index (χ0v) is 13.2. The zero-order valence-electron chi connectivity index (χ0n) is 12.3. The number of ether oxygens (including phenoxy) is 1. The van der Waals surface area contributed by atoms with Crippen molar-refractivity contribution in [3.8, 4) is 0 Å². The van der Waals surface area contributed by atoms with Crippen molar-refractivity contribution < 1.29 is 4.74 Å². The first-order valence-electron chi connectivity index (χ1n) is 7.75. The van der Waals surface area contributed by atoms with Crippen LogP contribution in [0, 0.1) is 5.41 Å². The Kier molecular flexibility index (Phi) is 6.68. The third kappa shape index (κ3) is 4.99. The van der Waals surface area contributed by atoms with Crippen molar-refractivity contribution in [2.45, 2.75) is 38.5 Å². The lowest BCUT2D eigenvalue weighted by Crippen LogP contribution is -2.28. The van der Waals surface area contributed by atoms with Gasteiger partial charge in [0.2, 0.25) is 0 Å². The van der Waals surface area contributed by atoms with E-state index in [2.05, 4.69) is 49.0 Å². The van der Waals surface area contributed by atoms with Crippen LogP contribution in [0.5, 0.6) is 0 Å². The van der Waals surface area contributed by atoms with Crippen LogP contribution >= 0.6 is 12.6 Å². The third-order valence-electron chi connectivity index (χ3n) is 4.23. The lowest BCUT2D eigenvalue weighted by atomic mass is 9.83. The zero-order chi connectivity index (χ0) is 14.1. The van der Waals surface area contributed by atoms with E-state index < -0.39 is 0 Å². The van der Waals surface area contributed by atoms with Crippen molar-refractivity contribution in [1.82, 2.24) is 0 Å². The molecule has 0 heterocycles. The average Bonchev–Trinajstić information content (AvgIpc) is 2.74. The summed E-state index contributed by atoms with van der Waals surface area (Å²) in [5.41, 5.74) is 1.55. The van der Waals surface area contributed by atoms with Crippen LogP contribution < -0.4 is 0 Å². The van der Waals surface area contributed by atoms with Gasteiger partial charge in [-0.15, -0.1) is 0 Å². The minimum absolute atomic E-state index is 0.320. The number of hydrogen-bond donors (Lipinski definition) is 1. The number of hydrogen-bond acceptors (Lipinski definition) is 2. The molecule has 1 fully saturated rings. The maximum Gasteiger partial charge on any atom is 0.0650 e. The Balaban J connectivity index is 1.75. The first-order valence-corrected chi connectivity index (χ1v) is 8.38. The minimum Gasteiger partial charge on any atom is -0.377 e. The van der Waals surface area contributed by atoms with E-state index in [0.717, 1.165) is 12.4 Å². The Morgan fingerprint density at radius 1 is 1.05 bits per heavy atom. The van der Waals surface area contributed by atoms with Gasteiger partial charge in [-0.1, -0.05) is 68.2 Å². The van der Waals surface area contributed by atoms with E-state index in [4.69, 9.17) is 4.74 Å². The summed E-state index contributed by atoms with van der Waals surface area (Å²) in [4.78, 5) is 0. The standard InChI is InChI=1S/C18H26OS/c20-16-18(12-6-1-2-7-13-18)15-19-14-8-11-17-9-4-3-5-10-17/h3-5,8-11,20H,1-2,6-7,12-16H2/b11-8+. The second-order valence-corrected chi connectivity index (χ2v) is 6.22. The van der Waals surface area contributed by atoms with Crippen molar-refractivity contribution >= 4 is 18.7 Å². The summed E-state index contributed by atoms with van der Waals surface area (Å²) in [6.45, 7) is 1.56. The molecule has 0 aliphatic heterocycles. The molecule has 0 aromatic heterocycles. The van der Waals surface area contributed by atoms with E-state index in [1.165, 1.54) is 44.1 Å². The molecule has 2 heteroatoms. The van der Waals surface area contributed by atoms with Crippen molar-refractivity contribution in [3.05, 3.63) is 42.0 Å². The summed E-state index contributed by atoms with van der Waals surface area (Å²) >= 11 is 4.58. The van der Waals surface area contributed by atoms with E-state index >= 15 is 0 Å². The molecule has 0 amide bonds. The lowest BCUT2D eigenvalue weighted by molar-refractivity contribution is 0.0635. The van der Waals surface area contributed by atoms with Gasteiger partial charge in [-0.25, -0.2) is 0 Å². The van der Waals surface area contributed by atoms with E-state index in [1.54, 1.807) is 0 Å². The third-order valence-corrected chi connectivity index (χ3v) is 4.90. The summed E-state index contributed by atoms with van der Waals surface area (Å²) in [5.74, 6) is 0.954. The van der Waals surface area contributed by atoms with Crippen LogP contribution in [-0.4, -0.2) is 19.0 Å². The fraction of sp³-hybridized carbons (Fsp3) is 0.556. The van der Waals surface area contributed by atoms with Gasteiger partial charge in [0.15, 0.2) is 0 Å². The molecule has 0 bridgehead atoms. The van der Waals surface area contributed by atoms with Gasteiger partial charge >= 0.3 is 0 Å². The van der Waals surface area contributed by atoms with Crippen molar-refractivity contribution in [1.29, 1.82) is 0 Å². The summed E-state index contributed by atoms with van der Waals surface area (Å²) in [6, 6.07) is 10.4. The van der Waals surface area contributed by atoms with Gasteiger partial charge in [0.05, 0.1) is 13.2 Å². The molecule has 1 nitrogen and oxygen atoms in total. The van der Waals surface area contributed by atoms with Gasteiger partial charge in [-0.3, -0.25) is 0 Å². The summed E-state index contributed by atoms with van der Waals surface area (Å²) in [6.07, 6.45) is 12.2. The van der Waals surface area contributed by atoms with E-state index in [1.807, 2.05) is 6.07 Å². The van der Waals surface area contributed by atoms with Crippen molar-refractivity contribution in [3.63, 3.8) is 0 Å². The first-order chi connectivity index (χ1) is 9.85. The Bertz CT molecular complexity index is 391. The summed E-state index contributed by atoms with van der Waals surface area (Å²) in [7, 11) is 0. The van der Waals surface area contributed by atoms with Crippen LogP contribution in [-0.2, 0) is 4.74 Å². The maximum absolute atomic E-state index is 5.91. The van der Waals surface area contributed by atoms with Crippen LogP contribution in [0.15, 0.2) is 36.4 Å². The molecule has 1 aromatic rings. The molecule has 0 saturated heterocycles. The molecule has 20 heavy (non-hydrogen) atoms. The first kappa shape index (κ1) is 15.7. The quantitative estimate of drug-likeness (QED) is 0.441. The van der Waals surface area contributed by atoms with Crippen LogP contribution in [0.25, 0.3) is 6.08 Å². The van der Waals surface area contributed by atoms with Crippen molar-refractivity contribution in [2.24, 2.45) is 5.41 Å². The molecular weight excluding hydrogens is 264 g/mol. The van der Waals surface area contributed by atoms with Gasteiger partial charge < -0.3 is 4.74 Å². The van der Waals surface area contributed by atoms with E-state index in [0.29, 0.717) is 12.0 Å². The molecule has 0 radical (unpaired) electrons. The summed E-state index contributed by atoms with van der Waals surface area (Å²) < 4.78 is 5.91. The second-order valence-electron chi connectivity index (χ2n) is 5.90. The summed E-state index contributed by atoms with van der Waals surface area (Å²) in [5, 5.41) is 0. The molecule has 1 aromatic carbocycles. The fourth-order valence-corrected chi connectivity index (χ4v) is 3.33. The van der Waals surface area contributed by atoms with Crippen LogP contribution in [0.1, 0.15) is 44.1 Å². The van der Waals surface area contributed by atoms with E-state index in [9.17, 15) is 0 Å². The second kappa shape index (κ2) is 8.53. The highest BCUT2D eigenvalue weighted by Crippen LogP contribution is 2.36. The van der Waals surface area contributed by atoms with Gasteiger partial charge in [0.1, 0.15) is 0 Å².